The summed E-state index contributed by atoms with van der Waals surface area (Å²) in [5.74, 6) is 0.896. The third kappa shape index (κ3) is 2.65. The molecule has 0 unspecified atom stereocenters. The van der Waals surface area contributed by atoms with Crippen LogP contribution in [0.15, 0.2) is 23.1 Å². The molecule has 1 aromatic carbocycles. The Bertz CT molecular complexity index is 494. The van der Waals surface area contributed by atoms with Crippen LogP contribution < -0.4 is 14.6 Å². The average Bonchev–Trinajstić information content (AvgIpc) is 3.00. The molecule has 1 fully saturated rings. The first-order valence-electron chi connectivity index (χ1n) is 4.87. The summed E-state index contributed by atoms with van der Waals surface area (Å²) in [6, 6.07) is 4.43. The average molecular weight is 243 g/mol. The van der Waals surface area contributed by atoms with Gasteiger partial charge in [0.25, 0.3) is 0 Å². The van der Waals surface area contributed by atoms with Gasteiger partial charge in [-0.2, -0.15) is 0 Å². The molecule has 1 saturated carbocycles. The summed E-state index contributed by atoms with van der Waals surface area (Å²) in [7, 11) is -2.27. The second kappa shape index (κ2) is 3.95. The Morgan fingerprint density at radius 1 is 1.25 bits per heavy atom. The van der Waals surface area contributed by atoms with Crippen molar-refractivity contribution in [2.45, 2.75) is 23.8 Å². The molecule has 0 bridgehead atoms. The van der Waals surface area contributed by atoms with Gasteiger partial charge in [-0.3, -0.25) is 0 Å². The Kier molecular flexibility index (Phi) is 2.77. The Morgan fingerprint density at radius 2 is 1.88 bits per heavy atom. The van der Waals surface area contributed by atoms with Crippen LogP contribution in [0, 0.1) is 0 Å². The highest BCUT2D eigenvalue weighted by Gasteiger charge is 2.24. The molecule has 0 aromatic heterocycles. The van der Waals surface area contributed by atoms with Crippen molar-refractivity contribution in [3.63, 3.8) is 0 Å². The van der Waals surface area contributed by atoms with Crippen LogP contribution in [0.25, 0.3) is 0 Å². The predicted molar refractivity (Wildman–Crippen MR) is 58.0 cm³/mol. The first-order chi connectivity index (χ1) is 7.49. The van der Waals surface area contributed by atoms with Gasteiger partial charge in [0, 0.05) is 18.2 Å². The van der Waals surface area contributed by atoms with Crippen molar-refractivity contribution in [2.75, 3.05) is 7.11 Å². The van der Waals surface area contributed by atoms with E-state index in [0.717, 1.165) is 12.8 Å². The summed E-state index contributed by atoms with van der Waals surface area (Å²) in [5, 5.41) is 5.06. The summed E-state index contributed by atoms with van der Waals surface area (Å²) in [5.41, 5.74) is 0. The van der Waals surface area contributed by atoms with Crippen LogP contribution in [0.1, 0.15) is 12.8 Å². The number of benzene rings is 1. The SMILES string of the molecule is COc1cc(OC2CC2)cc(S(N)(=O)=O)c1. The molecule has 0 amide bonds. The molecule has 2 N–H and O–H groups in total. The monoisotopic (exact) mass is 243 g/mol. The molecular weight excluding hydrogens is 230 g/mol. The Morgan fingerprint density at radius 3 is 2.38 bits per heavy atom. The molecular formula is C10H13NO4S. The zero-order valence-electron chi connectivity index (χ0n) is 8.84. The van der Waals surface area contributed by atoms with E-state index < -0.39 is 10.0 Å². The van der Waals surface area contributed by atoms with Crippen LogP contribution in [0.4, 0.5) is 0 Å². The van der Waals surface area contributed by atoms with Gasteiger partial charge in [0.15, 0.2) is 0 Å². The van der Waals surface area contributed by atoms with Crippen molar-refractivity contribution >= 4 is 10.0 Å². The summed E-state index contributed by atoms with van der Waals surface area (Å²) in [6.45, 7) is 0. The molecule has 0 saturated heterocycles. The van der Waals surface area contributed by atoms with Crippen LogP contribution in [-0.4, -0.2) is 21.6 Å². The van der Waals surface area contributed by atoms with Gasteiger partial charge in [0.1, 0.15) is 11.5 Å². The van der Waals surface area contributed by atoms with Crippen LogP contribution in [0.5, 0.6) is 11.5 Å². The van der Waals surface area contributed by atoms with Gasteiger partial charge in [-0.25, -0.2) is 13.6 Å². The van der Waals surface area contributed by atoms with Gasteiger partial charge in [0.2, 0.25) is 10.0 Å². The highest BCUT2D eigenvalue weighted by atomic mass is 32.2. The number of hydrogen-bond donors (Lipinski definition) is 1. The van der Waals surface area contributed by atoms with Crippen LogP contribution in [-0.2, 0) is 10.0 Å². The van der Waals surface area contributed by atoms with Gasteiger partial charge in [-0.05, 0) is 12.8 Å². The van der Waals surface area contributed by atoms with E-state index in [1.54, 1.807) is 6.07 Å². The van der Waals surface area contributed by atoms with Crippen LogP contribution >= 0.6 is 0 Å². The van der Waals surface area contributed by atoms with Crippen LogP contribution in [0.2, 0.25) is 0 Å². The zero-order chi connectivity index (χ0) is 11.8. The standard InChI is InChI=1S/C10H13NO4S/c1-14-8-4-9(15-7-2-3-7)6-10(5-8)16(11,12)13/h4-7H,2-3H2,1H3,(H2,11,12,13). The maximum absolute atomic E-state index is 11.2. The maximum Gasteiger partial charge on any atom is 0.238 e. The van der Waals surface area contributed by atoms with Gasteiger partial charge in [-0.1, -0.05) is 0 Å². The van der Waals surface area contributed by atoms with Crippen molar-refractivity contribution < 1.29 is 17.9 Å². The largest absolute Gasteiger partial charge is 0.497 e. The molecule has 5 nitrogen and oxygen atoms in total. The normalized spacial score (nSPS) is 15.9. The van der Waals surface area contributed by atoms with Gasteiger partial charge in [-0.15, -0.1) is 0 Å². The first kappa shape index (κ1) is 11.2. The second-order valence-corrected chi connectivity index (χ2v) is 5.27. The lowest BCUT2D eigenvalue weighted by atomic mass is 10.3. The molecule has 1 aliphatic carbocycles. The molecule has 0 spiro atoms. The number of rotatable bonds is 4. The van der Waals surface area contributed by atoms with E-state index in [-0.39, 0.29) is 11.0 Å². The molecule has 0 atom stereocenters. The van der Waals surface area contributed by atoms with E-state index in [1.807, 2.05) is 0 Å². The third-order valence-electron chi connectivity index (χ3n) is 2.24. The molecule has 0 aliphatic heterocycles. The minimum Gasteiger partial charge on any atom is -0.497 e. The second-order valence-electron chi connectivity index (χ2n) is 3.71. The minimum atomic E-state index is -3.73. The molecule has 0 radical (unpaired) electrons. The smallest absolute Gasteiger partial charge is 0.238 e. The molecule has 1 aliphatic rings. The van der Waals surface area contributed by atoms with Crippen molar-refractivity contribution in [1.29, 1.82) is 0 Å². The molecule has 0 heterocycles. The lowest BCUT2D eigenvalue weighted by Crippen LogP contribution is -2.12. The van der Waals surface area contributed by atoms with Gasteiger partial charge < -0.3 is 9.47 Å². The molecule has 16 heavy (non-hydrogen) atoms. The van der Waals surface area contributed by atoms with E-state index in [0.29, 0.717) is 11.5 Å². The topological polar surface area (TPSA) is 78.6 Å². The van der Waals surface area contributed by atoms with E-state index in [4.69, 9.17) is 14.6 Å². The van der Waals surface area contributed by atoms with Crippen LogP contribution in [0.3, 0.4) is 0 Å². The maximum atomic E-state index is 11.2. The summed E-state index contributed by atoms with van der Waals surface area (Å²) in [6.07, 6.45) is 2.20. The number of hydrogen-bond acceptors (Lipinski definition) is 4. The fraction of sp³-hybridized carbons (Fsp3) is 0.400. The number of nitrogens with two attached hydrogens (primary N) is 1. The van der Waals surface area contributed by atoms with E-state index in [1.165, 1.54) is 19.2 Å². The highest BCUT2D eigenvalue weighted by Crippen LogP contribution is 2.31. The fourth-order valence-corrected chi connectivity index (χ4v) is 1.83. The summed E-state index contributed by atoms with van der Waals surface area (Å²) >= 11 is 0. The quantitative estimate of drug-likeness (QED) is 0.851. The summed E-state index contributed by atoms with van der Waals surface area (Å²) < 4.78 is 32.9. The number of primary sulfonamides is 1. The first-order valence-corrected chi connectivity index (χ1v) is 6.42. The minimum absolute atomic E-state index is 0.00231. The highest BCUT2D eigenvalue weighted by molar-refractivity contribution is 7.89. The summed E-state index contributed by atoms with van der Waals surface area (Å²) in [4.78, 5) is 0.00231. The van der Waals surface area contributed by atoms with E-state index >= 15 is 0 Å². The van der Waals surface area contributed by atoms with Crippen molar-refractivity contribution in [2.24, 2.45) is 5.14 Å². The zero-order valence-corrected chi connectivity index (χ0v) is 9.66. The van der Waals surface area contributed by atoms with E-state index in [2.05, 4.69) is 0 Å². The fourth-order valence-electron chi connectivity index (χ4n) is 1.27. The number of methoxy groups -OCH3 is 1. The van der Waals surface area contributed by atoms with Crippen molar-refractivity contribution in [3.8, 4) is 11.5 Å². The van der Waals surface area contributed by atoms with E-state index in [9.17, 15) is 8.42 Å². The Balaban J connectivity index is 2.37. The number of sulfonamides is 1. The number of ether oxygens (including phenoxy) is 2. The van der Waals surface area contributed by atoms with Gasteiger partial charge >= 0.3 is 0 Å². The molecule has 1 aromatic rings. The Hall–Kier alpha value is -1.27. The van der Waals surface area contributed by atoms with Gasteiger partial charge in [0.05, 0.1) is 18.1 Å². The lowest BCUT2D eigenvalue weighted by Gasteiger charge is -2.08. The molecule has 6 heteroatoms. The molecule has 2 rings (SSSR count). The molecule has 88 valence electrons. The van der Waals surface area contributed by atoms with Crippen molar-refractivity contribution in [1.82, 2.24) is 0 Å². The lowest BCUT2D eigenvalue weighted by molar-refractivity contribution is 0.299. The predicted octanol–water partition coefficient (Wildman–Crippen LogP) is 0.884. The Labute approximate surface area is 94.2 Å². The third-order valence-corrected chi connectivity index (χ3v) is 3.14. The van der Waals surface area contributed by atoms with Crippen molar-refractivity contribution in [3.05, 3.63) is 18.2 Å².